The van der Waals surface area contributed by atoms with Gasteiger partial charge in [0.05, 0.1) is 21.1 Å². The number of amidine groups is 1. The van der Waals surface area contributed by atoms with Gasteiger partial charge in [-0.1, -0.05) is 30.2 Å². The maximum Gasteiger partial charge on any atom is 0.264 e. The number of aromatic nitrogens is 1. The third-order valence-electron chi connectivity index (χ3n) is 5.49. The number of benzene rings is 2. The predicted octanol–water partition coefficient (Wildman–Crippen LogP) is 5.52. The van der Waals surface area contributed by atoms with Gasteiger partial charge in [0, 0.05) is 23.2 Å². The molecule has 1 saturated carbocycles. The molecule has 5 rings (SSSR count). The van der Waals surface area contributed by atoms with Crippen LogP contribution in [0, 0.1) is 5.92 Å². The Bertz CT molecular complexity index is 1300. The van der Waals surface area contributed by atoms with E-state index in [1.807, 2.05) is 36.4 Å². The van der Waals surface area contributed by atoms with Crippen molar-refractivity contribution in [3.63, 3.8) is 0 Å². The second-order valence-electron chi connectivity index (χ2n) is 7.72. The molecule has 6 nitrogen and oxygen atoms in total. The summed E-state index contributed by atoms with van der Waals surface area (Å²) in [6.07, 6.45) is 6.54. The molecule has 2 heterocycles. The van der Waals surface area contributed by atoms with Crippen molar-refractivity contribution in [2.24, 2.45) is 10.9 Å². The first kappa shape index (κ1) is 20.7. The summed E-state index contributed by atoms with van der Waals surface area (Å²) in [5.41, 5.74) is 2.93. The minimum absolute atomic E-state index is 0.0246. The van der Waals surface area contributed by atoms with Crippen LogP contribution in [-0.4, -0.2) is 22.0 Å². The second-order valence-corrected chi connectivity index (χ2v) is 9.16. The summed E-state index contributed by atoms with van der Waals surface area (Å²) in [6.45, 7) is 0. The van der Waals surface area contributed by atoms with E-state index >= 15 is 0 Å². The van der Waals surface area contributed by atoms with E-state index in [0.29, 0.717) is 26.5 Å². The molecule has 0 atom stereocenters. The number of pyridine rings is 1. The van der Waals surface area contributed by atoms with Crippen LogP contribution in [0.25, 0.3) is 17.0 Å². The van der Waals surface area contributed by atoms with E-state index in [0.717, 1.165) is 35.7 Å². The van der Waals surface area contributed by atoms with Crippen molar-refractivity contribution < 1.29 is 9.59 Å². The third-order valence-corrected chi connectivity index (χ3v) is 6.72. The first-order valence-corrected chi connectivity index (χ1v) is 11.5. The number of nitrogens with one attached hydrogen (secondary N) is 2. The van der Waals surface area contributed by atoms with E-state index in [1.54, 1.807) is 24.4 Å². The number of carbonyl (C=O) groups is 2. The van der Waals surface area contributed by atoms with E-state index in [-0.39, 0.29) is 17.7 Å². The number of halogens is 1. The Morgan fingerprint density at radius 3 is 2.91 bits per heavy atom. The number of thioether (sulfide) groups is 1. The van der Waals surface area contributed by atoms with E-state index < -0.39 is 0 Å². The van der Waals surface area contributed by atoms with Crippen LogP contribution in [0.1, 0.15) is 24.8 Å². The average Bonchev–Trinajstić information content (AvgIpc) is 3.07. The second kappa shape index (κ2) is 8.76. The van der Waals surface area contributed by atoms with Crippen molar-refractivity contribution in [2.45, 2.75) is 19.3 Å². The summed E-state index contributed by atoms with van der Waals surface area (Å²) in [4.78, 5) is 34.1. The van der Waals surface area contributed by atoms with Crippen LogP contribution in [0.2, 0.25) is 5.02 Å². The first-order chi connectivity index (χ1) is 15.5. The number of fused-ring (bicyclic) bond motifs is 1. The highest BCUT2D eigenvalue weighted by molar-refractivity contribution is 8.18. The molecule has 160 valence electrons. The molecule has 0 bridgehead atoms. The first-order valence-electron chi connectivity index (χ1n) is 10.3. The standard InChI is InChI=1S/C24H19ClN4O2S/c25-18-8-7-17(27-22(30)15-3-1-4-15)13-20(18)28-24-29-23(31)21(32-24)12-14-6-9-19-16(11-14)5-2-10-26-19/h2,5-13,15H,1,3-4H2,(H,27,30)(H,28,29,31)/b21-12-. The number of nitrogens with zero attached hydrogens (tertiary/aromatic N) is 2. The van der Waals surface area contributed by atoms with Gasteiger partial charge in [0.1, 0.15) is 0 Å². The molecule has 1 aromatic heterocycles. The molecular weight excluding hydrogens is 444 g/mol. The summed E-state index contributed by atoms with van der Waals surface area (Å²) in [5, 5.41) is 7.59. The molecule has 1 aliphatic carbocycles. The zero-order valence-electron chi connectivity index (χ0n) is 17.0. The van der Waals surface area contributed by atoms with Crippen molar-refractivity contribution in [1.29, 1.82) is 0 Å². The normalized spacial score (nSPS) is 18.7. The zero-order chi connectivity index (χ0) is 22.1. The van der Waals surface area contributed by atoms with Crippen LogP contribution in [0.3, 0.4) is 0 Å². The molecular formula is C24H19ClN4O2S. The van der Waals surface area contributed by atoms with Gasteiger partial charge >= 0.3 is 0 Å². The Labute approximate surface area is 194 Å². The molecule has 8 heteroatoms. The summed E-state index contributed by atoms with van der Waals surface area (Å²) in [7, 11) is 0. The fourth-order valence-corrected chi connectivity index (χ4v) is 4.51. The molecule has 1 saturated heterocycles. The molecule has 0 radical (unpaired) electrons. The number of amides is 2. The van der Waals surface area contributed by atoms with Gasteiger partial charge in [0.25, 0.3) is 5.91 Å². The van der Waals surface area contributed by atoms with Crippen LogP contribution in [-0.2, 0) is 9.59 Å². The van der Waals surface area contributed by atoms with Crippen LogP contribution in [0.15, 0.2) is 64.6 Å². The Kier molecular flexibility index (Phi) is 5.68. The fourth-order valence-electron chi connectivity index (χ4n) is 3.52. The number of hydrogen-bond acceptors (Lipinski definition) is 5. The van der Waals surface area contributed by atoms with Crippen molar-refractivity contribution in [2.75, 3.05) is 5.32 Å². The van der Waals surface area contributed by atoms with Crippen molar-refractivity contribution in [1.82, 2.24) is 10.3 Å². The number of aliphatic imine (C=N–C) groups is 1. The molecule has 2 N–H and O–H groups in total. The minimum Gasteiger partial charge on any atom is -0.326 e. The van der Waals surface area contributed by atoms with Crippen LogP contribution < -0.4 is 10.6 Å². The SMILES string of the molecule is O=C1NC(=Nc2cc(NC(=O)C3CCC3)ccc2Cl)S/C1=C\c1ccc2ncccc2c1. The molecule has 0 spiro atoms. The van der Waals surface area contributed by atoms with Crippen molar-refractivity contribution in [3.05, 3.63) is 70.2 Å². The maximum atomic E-state index is 12.5. The van der Waals surface area contributed by atoms with E-state index in [2.05, 4.69) is 20.6 Å². The lowest BCUT2D eigenvalue weighted by molar-refractivity contribution is -0.122. The quantitative estimate of drug-likeness (QED) is 0.500. The zero-order valence-corrected chi connectivity index (χ0v) is 18.5. The highest BCUT2D eigenvalue weighted by Gasteiger charge is 2.26. The Hall–Kier alpha value is -3.16. The molecule has 3 aromatic rings. The predicted molar refractivity (Wildman–Crippen MR) is 130 cm³/mol. The Morgan fingerprint density at radius 1 is 1.22 bits per heavy atom. The maximum absolute atomic E-state index is 12.5. The van der Waals surface area contributed by atoms with Crippen LogP contribution in [0.4, 0.5) is 11.4 Å². The van der Waals surface area contributed by atoms with Crippen LogP contribution >= 0.6 is 23.4 Å². The van der Waals surface area contributed by atoms with Gasteiger partial charge in [-0.3, -0.25) is 14.6 Å². The van der Waals surface area contributed by atoms with Gasteiger partial charge in [-0.25, -0.2) is 4.99 Å². The summed E-state index contributed by atoms with van der Waals surface area (Å²) in [6, 6.07) is 14.9. The lowest BCUT2D eigenvalue weighted by atomic mass is 9.85. The highest BCUT2D eigenvalue weighted by atomic mass is 35.5. The molecule has 2 aromatic carbocycles. The number of rotatable bonds is 4. The van der Waals surface area contributed by atoms with E-state index in [4.69, 9.17) is 11.6 Å². The van der Waals surface area contributed by atoms with Gasteiger partial charge in [-0.05, 0) is 72.6 Å². The van der Waals surface area contributed by atoms with Crippen molar-refractivity contribution in [3.8, 4) is 0 Å². The molecule has 0 unspecified atom stereocenters. The number of hydrogen-bond donors (Lipinski definition) is 2. The summed E-state index contributed by atoms with van der Waals surface area (Å²) >= 11 is 7.56. The molecule has 32 heavy (non-hydrogen) atoms. The largest absolute Gasteiger partial charge is 0.326 e. The van der Waals surface area contributed by atoms with Gasteiger partial charge in [0.15, 0.2) is 5.17 Å². The monoisotopic (exact) mass is 462 g/mol. The average molecular weight is 463 g/mol. The molecule has 2 fully saturated rings. The van der Waals surface area contributed by atoms with E-state index in [9.17, 15) is 9.59 Å². The van der Waals surface area contributed by atoms with E-state index in [1.165, 1.54) is 11.8 Å². The van der Waals surface area contributed by atoms with Gasteiger partial charge in [-0.2, -0.15) is 0 Å². The molecule has 2 amide bonds. The van der Waals surface area contributed by atoms with Gasteiger partial charge in [-0.15, -0.1) is 0 Å². The highest BCUT2D eigenvalue weighted by Crippen LogP contribution is 2.34. The van der Waals surface area contributed by atoms with Gasteiger partial charge in [0.2, 0.25) is 5.91 Å². The topological polar surface area (TPSA) is 83.5 Å². The third kappa shape index (κ3) is 4.40. The van der Waals surface area contributed by atoms with Crippen molar-refractivity contribution >= 4 is 68.7 Å². The minimum atomic E-state index is -0.217. The van der Waals surface area contributed by atoms with Gasteiger partial charge < -0.3 is 10.6 Å². The lowest BCUT2D eigenvalue weighted by Gasteiger charge is -2.24. The smallest absolute Gasteiger partial charge is 0.264 e. The lowest BCUT2D eigenvalue weighted by Crippen LogP contribution is -2.27. The molecule has 1 aliphatic heterocycles. The Morgan fingerprint density at radius 2 is 2.09 bits per heavy atom. The number of carbonyl (C=O) groups excluding carboxylic acids is 2. The Balaban J connectivity index is 1.35. The molecule has 2 aliphatic rings. The van der Waals surface area contributed by atoms with Crippen LogP contribution in [0.5, 0.6) is 0 Å². The number of anilines is 1. The summed E-state index contributed by atoms with van der Waals surface area (Å²) in [5.74, 6) is -0.106. The summed E-state index contributed by atoms with van der Waals surface area (Å²) < 4.78 is 0. The fraction of sp³-hybridized carbons (Fsp3) is 0.167.